The highest BCUT2D eigenvalue weighted by Gasteiger charge is 2.22. The molecule has 0 N–H and O–H groups in total. The molecule has 0 bridgehead atoms. The first-order chi connectivity index (χ1) is 9.91. The smallest absolute Gasteiger partial charge is 0.303 e. The minimum atomic E-state index is -1.07. The van der Waals surface area contributed by atoms with Crippen molar-refractivity contribution in [2.45, 2.75) is 26.4 Å². The quantitative estimate of drug-likeness (QED) is 0.432. The first-order valence-corrected chi connectivity index (χ1v) is 7.40. The molecule has 21 heavy (non-hydrogen) atoms. The largest absolute Gasteiger partial charge is 0.453 e. The molecule has 1 unspecified atom stereocenters. The summed E-state index contributed by atoms with van der Waals surface area (Å²) in [4.78, 5) is 11.2. The predicted molar refractivity (Wildman–Crippen MR) is 86.8 cm³/mol. The van der Waals surface area contributed by atoms with Gasteiger partial charge in [-0.3, -0.25) is 4.79 Å². The second kappa shape index (κ2) is 7.80. The first kappa shape index (κ1) is 17.2. The van der Waals surface area contributed by atoms with Crippen molar-refractivity contribution in [2.75, 3.05) is 0 Å². The number of ether oxygens (including phenoxy) is 1. The number of allylic oxidation sites excluding steroid dienone is 1. The first-order valence-electron chi connectivity index (χ1n) is 6.32. The van der Waals surface area contributed by atoms with E-state index in [2.05, 4.69) is 22.6 Å². The van der Waals surface area contributed by atoms with Gasteiger partial charge in [-0.05, 0) is 48.1 Å². The normalized spacial score (nSPS) is 12.4. The Morgan fingerprint density at radius 1 is 1.43 bits per heavy atom. The Morgan fingerprint density at radius 3 is 2.57 bits per heavy atom. The maximum absolute atomic E-state index is 11.2. The van der Waals surface area contributed by atoms with Gasteiger partial charge in [-0.25, -0.2) is 0 Å². The molecule has 1 aromatic rings. The van der Waals surface area contributed by atoms with Crippen LogP contribution in [0.5, 0.6) is 0 Å². The Bertz CT molecular complexity index is 612. The molecule has 1 atom stereocenters. The van der Waals surface area contributed by atoms with Gasteiger partial charge in [0.2, 0.25) is 0 Å². The number of halogens is 1. The molecule has 1 aromatic carbocycles. The lowest BCUT2D eigenvalue weighted by Gasteiger charge is -2.16. The van der Waals surface area contributed by atoms with Crippen LogP contribution in [-0.4, -0.2) is 5.97 Å². The number of rotatable bonds is 5. The predicted octanol–water partition coefficient (Wildman–Crippen LogP) is 3.90. The third-order valence-corrected chi connectivity index (χ3v) is 3.82. The molecule has 0 fully saturated rings. The number of nitriles is 2. The molecule has 0 aromatic heterocycles. The van der Waals surface area contributed by atoms with Crippen LogP contribution in [-0.2, 0) is 9.53 Å². The second-order valence-corrected chi connectivity index (χ2v) is 5.90. The molecule has 0 aliphatic rings. The third-order valence-electron chi connectivity index (χ3n) is 2.84. The standard InChI is InChI=1S/C16H15IN2O2/c1-12(20)21-15(13-6-3-4-7-14(13)17)8-5-9-16(2,10-18)11-19/h3-8,15H,9H2,1-2H3. The van der Waals surface area contributed by atoms with Crippen molar-refractivity contribution >= 4 is 28.6 Å². The average molecular weight is 394 g/mol. The van der Waals surface area contributed by atoms with Crippen molar-refractivity contribution in [2.24, 2.45) is 5.41 Å². The summed E-state index contributed by atoms with van der Waals surface area (Å²) < 4.78 is 6.28. The van der Waals surface area contributed by atoms with E-state index in [1.807, 2.05) is 36.4 Å². The molecule has 0 saturated heterocycles. The number of carbonyl (C=O) groups is 1. The van der Waals surface area contributed by atoms with Crippen molar-refractivity contribution in [3.8, 4) is 12.1 Å². The van der Waals surface area contributed by atoms with Crippen molar-refractivity contribution < 1.29 is 9.53 Å². The zero-order valence-electron chi connectivity index (χ0n) is 11.8. The van der Waals surface area contributed by atoms with E-state index >= 15 is 0 Å². The van der Waals surface area contributed by atoms with E-state index in [-0.39, 0.29) is 12.4 Å². The number of benzene rings is 1. The maximum atomic E-state index is 11.2. The van der Waals surface area contributed by atoms with Crippen LogP contribution in [0.1, 0.15) is 31.9 Å². The summed E-state index contributed by atoms with van der Waals surface area (Å²) in [6, 6.07) is 11.5. The van der Waals surface area contributed by atoms with E-state index in [1.54, 1.807) is 19.1 Å². The molecule has 5 heteroatoms. The van der Waals surface area contributed by atoms with Crippen molar-refractivity contribution in [3.05, 3.63) is 45.6 Å². The van der Waals surface area contributed by atoms with Gasteiger partial charge < -0.3 is 4.74 Å². The minimum absolute atomic E-state index is 0.279. The van der Waals surface area contributed by atoms with Gasteiger partial charge in [0.25, 0.3) is 0 Å². The average Bonchev–Trinajstić information content (AvgIpc) is 2.46. The number of esters is 1. The van der Waals surface area contributed by atoms with Crippen LogP contribution in [0.2, 0.25) is 0 Å². The maximum Gasteiger partial charge on any atom is 0.303 e. The molecular formula is C16H15IN2O2. The number of nitrogens with zero attached hydrogens (tertiary/aromatic N) is 2. The van der Waals surface area contributed by atoms with Gasteiger partial charge in [0.15, 0.2) is 0 Å². The highest BCUT2D eigenvalue weighted by molar-refractivity contribution is 14.1. The Balaban J connectivity index is 2.96. The molecule has 0 radical (unpaired) electrons. The molecule has 0 aliphatic heterocycles. The van der Waals surface area contributed by atoms with Gasteiger partial charge in [0, 0.05) is 16.1 Å². The van der Waals surface area contributed by atoms with E-state index in [1.165, 1.54) is 6.92 Å². The fraction of sp³-hybridized carbons (Fsp3) is 0.312. The summed E-state index contributed by atoms with van der Waals surface area (Å²) in [5, 5.41) is 17.9. The number of hydrogen-bond acceptors (Lipinski definition) is 4. The summed E-state index contributed by atoms with van der Waals surface area (Å²) in [7, 11) is 0. The molecule has 0 aliphatic carbocycles. The Morgan fingerprint density at radius 2 is 2.05 bits per heavy atom. The van der Waals surface area contributed by atoms with Gasteiger partial charge in [-0.15, -0.1) is 0 Å². The molecule has 0 spiro atoms. The molecule has 4 nitrogen and oxygen atoms in total. The summed E-state index contributed by atoms with van der Waals surface area (Å²) in [6.45, 7) is 2.93. The second-order valence-electron chi connectivity index (χ2n) is 4.74. The number of hydrogen-bond donors (Lipinski definition) is 0. The Labute approximate surface area is 138 Å². The van der Waals surface area contributed by atoms with E-state index in [0.717, 1.165) is 9.13 Å². The summed E-state index contributed by atoms with van der Waals surface area (Å²) >= 11 is 2.18. The lowest BCUT2D eigenvalue weighted by atomic mass is 9.90. The summed E-state index contributed by atoms with van der Waals surface area (Å²) in [5.41, 5.74) is -0.193. The van der Waals surface area contributed by atoms with Crippen LogP contribution in [0.25, 0.3) is 0 Å². The van der Waals surface area contributed by atoms with Crippen molar-refractivity contribution in [3.63, 3.8) is 0 Å². The van der Waals surface area contributed by atoms with Crippen LogP contribution in [0.3, 0.4) is 0 Å². The summed E-state index contributed by atoms with van der Waals surface area (Å²) in [6.07, 6.45) is 3.19. The third kappa shape index (κ3) is 5.20. The van der Waals surface area contributed by atoms with Crippen LogP contribution in [0, 0.1) is 31.6 Å². The zero-order valence-corrected chi connectivity index (χ0v) is 14.0. The molecular weight excluding hydrogens is 379 g/mol. The van der Waals surface area contributed by atoms with Gasteiger partial charge in [0.05, 0.1) is 12.1 Å². The lowest BCUT2D eigenvalue weighted by Crippen LogP contribution is -2.10. The van der Waals surface area contributed by atoms with E-state index < -0.39 is 11.5 Å². The summed E-state index contributed by atoms with van der Waals surface area (Å²) in [5.74, 6) is -0.382. The monoisotopic (exact) mass is 394 g/mol. The van der Waals surface area contributed by atoms with Crippen LogP contribution in [0.15, 0.2) is 36.4 Å². The van der Waals surface area contributed by atoms with Crippen molar-refractivity contribution in [1.82, 2.24) is 0 Å². The van der Waals surface area contributed by atoms with Crippen molar-refractivity contribution in [1.29, 1.82) is 10.5 Å². The van der Waals surface area contributed by atoms with E-state index in [0.29, 0.717) is 0 Å². The Hall–Kier alpha value is -1.86. The fourth-order valence-electron chi connectivity index (χ4n) is 1.63. The van der Waals surface area contributed by atoms with Crippen LogP contribution in [0.4, 0.5) is 0 Å². The molecule has 0 amide bonds. The van der Waals surface area contributed by atoms with E-state index in [4.69, 9.17) is 15.3 Å². The molecule has 0 heterocycles. The highest BCUT2D eigenvalue weighted by Crippen LogP contribution is 2.26. The SMILES string of the molecule is CC(=O)OC(C=CCC(C)(C#N)C#N)c1ccccc1I. The van der Waals surface area contributed by atoms with Crippen LogP contribution >= 0.6 is 22.6 Å². The zero-order chi connectivity index (χ0) is 15.9. The highest BCUT2D eigenvalue weighted by atomic mass is 127. The van der Waals surface area contributed by atoms with Gasteiger partial charge in [-0.1, -0.05) is 24.3 Å². The molecule has 108 valence electrons. The lowest BCUT2D eigenvalue weighted by molar-refractivity contribution is -0.144. The minimum Gasteiger partial charge on any atom is -0.453 e. The molecule has 0 saturated carbocycles. The Kier molecular flexibility index (Phi) is 6.39. The van der Waals surface area contributed by atoms with Gasteiger partial charge >= 0.3 is 5.97 Å². The van der Waals surface area contributed by atoms with E-state index in [9.17, 15) is 4.79 Å². The molecule has 1 rings (SSSR count). The number of carbonyl (C=O) groups excluding carboxylic acids is 1. The topological polar surface area (TPSA) is 73.9 Å². The van der Waals surface area contributed by atoms with Gasteiger partial charge in [0.1, 0.15) is 11.5 Å². The van der Waals surface area contributed by atoms with Crippen LogP contribution < -0.4 is 0 Å². The fourth-order valence-corrected chi connectivity index (χ4v) is 2.33. The van der Waals surface area contributed by atoms with Gasteiger partial charge in [-0.2, -0.15) is 10.5 Å².